The van der Waals surface area contributed by atoms with Crippen LogP contribution >= 0.6 is 0 Å². The number of nitrogens with two attached hydrogens (primary N) is 1. The fraction of sp³-hybridized carbons (Fsp3) is 0.167. The number of rotatable bonds is 5. The van der Waals surface area contributed by atoms with E-state index in [1.807, 2.05) is 29.1 Å². The summed E-state index contributed by atoms with van der Waals surface area (Å²) in [5.41, 5.74) is 10.4. The van der Waals surface area contributed by atoms with E-state index in [9.17, 15) is 0 Å². The van der Waals surface area contributed by atoms with Gasteiger partial charge in [0.15, 0.2) is 0 Å². The van der Waals surface area contributed by atoms with Crippen LogP contribution in [0.1, 0.15) is 16.7 Å². The molecule has 0 unspecified atom stereocenters. The van der Waals surface area contributed by atoms with Gasteiger partial charge < -0.3 is 5.73 Å². The van der Waals surface area contributed by atoms with E-state index in [1.54, 1.807) is 0 Å². The Morgan fingerprint density at radius 2 is 1.52 bits per heavy atom. The number of nitrogens with zero attached hydrogens (tertiary/aromatic N) is 2. The standard InChI is InChI=1S/C18H19N3/c19-12-16-8-10-18(11-9-16)21-14-17(13-20-21)7-6-15-4-2-1-3-5-15/h1-5,8-11,13-14H,6-7,12,19H2. The summed E-state index contributed by atoms with van der Waals surface area (Å²) in [6, 6.07) is 18.7. The summed E-state index contributed by atoms with van der Waals surface area (Å²) >= 11 is 0. The SMILES string of the molecule is NCc1ccc(-n2cc(CCc3ccccc3)cn2)cc1. The smallest absolute Gasteiger partial charge is 0.0645 e. The first-order valence-electron chi connectivity index (χ1n) is 7.22. The van der Waals surface area contributed by atoms with Crippen LogP contribution < -0.4 is 5.73 Å². The molecule has 3 rings (SSSR count). The molecule has 106 valence electrons. The van der Waals surface area contributed by atoms with Gasteiger partial charge >= 0.3 is 0 Å². The molecule has 2 aromatic carbocycles. The molecule has 0 spiro atoms. The van der Waals surface area contributed by atoms with E-state index in [0.29, 0.717) is 6.54 Å². The predicted molar refractivity (Wildman–Crippen MR) is 85.3 cm³/mol. The van der Waals surface area contributed by atoms with Crippen LogP contribution in [0.15, 0.2) is 67.0 Å². The Balaban J connectivity index is 1.68. The van der Waals surface area contributed by atoms with Crippen molar-refractivity contribution < 1.29 is 0 Å². The zero-order chi connectivity index (χ0) is 14.5. The molecule has 3 nitrogen and oxygen atoms in total. The second kappa shape index (κ2) is 6.37. The second-order valence-electron chi connectivity index (χ2n) is 5.15. The van der Waals surface area contributed by atoms with E-state index in [1.165, 1.54) is 11.1 Å². The van der Waals surface area contributed by atoms with Gasteiger partial charge in [0.05, 0.1) is 11.9 Å². The van der Waals surface area contributed by atoms with Crippen molar-refractivity contribution in [2.75, 3.05) is 0 Å². The monoisotopic (exact) mass is 277 g/mol. The number of hydrogen-bond donors (Lipinski definition) is 1. The lowest BCUT2D eigenvalue weighted by Gasteiger charge is -2.02. The Morgan fingerprint density at radius 3 is 2.24 bits per heavy atom. The fourth-order valence-electron chi connectivity index (χ4n) is 2.35. The van der Waals surface area contributed by atoms with Crippen LogP contribution in [0, 0.1) is 0 Å². The van der Waals surface area contributed by atoms with Gasteiger partial charge in [-0.1, -0.05) is 42.5 Å². The summed E-state index contributed by atoms with van der Waals surface area (Å²) in [5, 5.41) is 4.44. The highest BCUT2D eigenvalue weighted by molar-refractivity contribution is 5.34. The van der Waals surface area contributed by atoms with Crippen molar-refractivity contribution in [1.82, 2.24) is 9.78 Å². The third-order valence-corrected chi connectivity index (χ3v) is 3.62. The molecule has 0 aliphatic rings. The van der Waals surface area contributed by atoms with Gasteiger partial charge in [0.2, 0.25) is 0 Å². The zero-order valence-corrected chi connectivity index (χ0v) is 11.9. The molecule has 0 amide bonds. The number of benzene rings is 2. The largest absolute Gasteiger partial charge is 0.326 e. The van der Waals surface area contributed by atoms with Gasteiger partial charge in [0.25, 0.3) is 0 Å². The Kier molecular flexibility index (Phi) is 4.12. The van der Waals surface area contributed by atoms with Crippen LogP contribution in [0.3, 0.4) is 0 Å². The van der Waals surface area contributed by atoms with Gasteiger partial charge in [0.1, 0.15) is 0 Å². The molecular formula is C18H19N3. The molecule has 0 aliphatic heterocycles. The van der Waals surface area contributed by atoms with Crippen molar-refractivity contribution in [3.8, 4) is 5.69 Å². The quantitative estimate of drug-likeness (QED) is 0.778. The average molecular weight is 277 g/mol. The van der Waals surface area contributed by atoms with Gasteiger partial charge in [-0.05, 0) is 41.7 Å². The van der Waals surface area contributed by atoms with E-state index in [-0.39, 0.29) is 0 Å². The first kappa shape index (κ1) is 13.6. The Bertz CT molecular complexity index is 684. The molecule has 0 saturated heterocycles. The van der Waals surface area contributed by atoms with Gasteiger partial charge in [-0.2, -0.15) is 5.10 Å². The zero-order valence-electron chi connectivity index (χ0n) is 11.9. The topological polar surface area (TPSA) is 43.8 Å². The van der Waals surface area contributed by atoms with Gasteiger partial charge in [-0.3, -0.25) is 0 Å². The lowest BCUT2D eigenvalue weighted by Crippen LogP contribution is -1.98. The third kappa shape index (κ3) is 3.38. The molecular weight excluding hydrogens is 258 g/mol. The van der Waals surface area contributed by atoms with E-state index in [2.05, 4.69) is 47.7 Å². The van der Waals surface area contributed by atoms with Gasteiger partial charge in [0, 0.05) is 12.7 Å². The minimum atomic E-state index is 0.571. The van der Waals surface area contributed by atoms with Crippen LogP contribution in [-0.4, -0.2) is 9.78 Å². The van der Waals surface area contributed by atoms with Gasteiger partial charge in [-0.15, -0.1) is 0 Å². The van der Waals surface area contributed by atoms with E-state index in [4.69, 9.17) is 5.73 Å². The van der Waals surface area contributed by atoms with Gasteiger partial charge in [-0.25, -0.2) is 4.68 Å². The molecule has 0 radical (unpaired) electrons. The highest BCUT2D eigenvalue weighted by atomic mass is 15.3. The highest BCUT2D eigenvalue weighted by Gasteiger charge is 2.02. The van der Waals surface area contributed by atoms with Crippen molar-refractivity contribution in [3.63, 3.8) is 0 Å². The summed E-state index contributed by atoms with van der Waals surface area (Å²) < 4.78 is 1.92. The molecule has 0 atom stereocenters. The van der Waals surface area contributed by atoms with Crippen molar-refractivity contribution in [2.45, 2.75) is 19.4 Å². The lowest BCUT2D eigenvalue weighted by molar-refractivity contribution is 0.877. The number of aryl methyl sites for hydroxylation is 2. The summed E-state index contributed by atoms with van der Waals surface area (Å²) in [6.07, 6.45) is 6.09. The molecule has 0 fully saturated rings. The Hall–Kier alpha value is -2.39. The predicted octanol–water partition coefficient (Wildman–Crippen LogP) is 3.12. The minimum absolute atomic E-state index is 0.571. The normalized spacial score (nSPS) is 10.7. The first-order valence-corrected chi connectivity index (χ1v) is 7.22. The van der Waals surface area contributed by atoms with Crippen LogP contribution in [0.2, 0.25) is 0 Å². The second-order valence-corrected chi connectivity index (χ2v) is 5.15. The first-order chi connectivity index (χ1) is 10.3. The van der Waals surface area contributed by atoms with Crippen LogP contribution in [0.4, 0.5) is 0 Å². The van der Waals surface area contributed by atoms with Crippen molar-refractivity contribution in [2.24, 2.45) is 5.73 Å². The maximum atomic E-state index is 5.62. The van der Waals surface area contributed by atoms with Crippen molar-refractivity contribution >= 4 is 0 Å². The van der Waals surface area contributed by atoms with E-state index in [0.717, 1.165) is 24.1 Å². The molecule has 0 bridgehead atoms. The number of aromatic nitrogens is 2. The maximum absolute atomic E-state index is 5.62. The third-order valence-electron chi connectivity index (χ3n) is 3.62. The molecule has 3 heteroatoms. The van der Waals surface area contributed by atoms with E-state index >= 15 is 0 Å². The molecule has 21 heavy (non-hydrogen) atoms. The van der Waals surface area contributed by atoms with Crippen molar-refractivity contribution in [1.29, 1.82) is 0 Å². The molecule has 3 aromatic rings. The molecule has 0 saturated carbocycles. The summed E-state index contributed by atoms with van der Waals surface area (Å²) in [7, 11) is 0. The molecule has 2 N–H and O–H groups in total. The maximum Gasteiger partial charge on any atom is 0.0645 e. The van der Waals surface area contributed by atoms with Crippen LogP contribution in [-0.2, 0) is 19.4 Å². The highest BCUT2D eigenvalue weighted by Crippen LogP contribution is 2.12. The van der Waals surface area contributed by atoms with Crippen LogP contribution in [0.25, 0.3) is 5.69 Å². The Labute approximate surface area is 125 Å². The summed E-state index contributed by atoms with van der Waals surface area (Å²) in [5.74, 6) is 0. The molecule has 0 aliphatic carbocycles. The minimum Gasteiger partial charge on any atom is -0.326 e. The Morgan fingerprint density at radius 1 is 0.810 bits per heavy atom. The fourth-order valence-corrected chi connectivity index (χ4v) is 2.35. The van der Waals surface area contributed by atoms with Crippen molar-refractivity contribution in [3.05, 3.63) is 83.7 Å². The number of hydrogen-bond acceptors (Lipinski definition) is 2. The average Bonchev–Trinajstić information content (AvgIpc) is 3.03. The summed E-state index contributed by atoms with van der Waals surface area (Å²) in [6.45, 7) is 0.571. The lowest BCUT2D eigenvalue weighted by atomic mass is 10.1. The van der Waals surface area contributed by atoms with Crippen LogP contribution in [0.5, 0.6) is 0 Å². The summed E-state index contributed by atoms with van der Waals surface area (Å²) in [4.78, 5) is 0. The molecule has 1 heterocycles. The molecule has 1 aromatic heterocycles. The van der Waals surface area contributed by atoms with E-state index < -0.39 is 0 Å².